The number of nitrogens with zero attached hydrogens (tertiary/aromatic N) is 3. The van der Waals surface area contributed by atoms with Gasteiger partial charge in [-0.15, -0.1) is 0 Å². The molecule has 0 N–H and O–H groups in total. The summed E-state index contributed by atoms with van der Waals surface area (Å²) in [7, 11) is -3.08. The summed E-state index contributed by atoms with van der Waals surface area (Å²) in [6.07, 6.45) is 5.03. The molecular weight excluding hydrogens is 330 g/mol. The lowest BCUT2D eigenvalue weighted by atomic mass is 9.93. The van der Waals surface area contributed by atoms with Crippen molar-refractivity contribution in [1.29, 1.82) is 0 Å². The van der Waals surface area contributed by atoms with Crippen molar-refractivity contribution in [3.05, 3.63) is 0 Å². The smallest absolute Gasteiger partial charge is 0.227 e. The lowest BCUT2D eigenvalue weighted by Gasteiger charge is -2.42. The quantitative estimate of drug-likeness (QED) is 0.708. The molecule has 3 aliphatic rings. The first kappa shape index (κ1) is 18.1. The van der Waals surface area contributed by atoms with Crippen LogP contribution in [-0.2, 0) is 19.6 Å². The number of carbonyl (C=O) groups excluding carboxylic acids is 1. The van der Waals surface area contributed by atoms with Gasteiger partial charge >= 0.3 is 0 Å². The number of ether oxygens (including phenoxy) is 1. The van der Waals surface area contributed by atoms with E-state index in [1.54, 1.807) is 4.31 Å². The monoisotopic (exact) mass is 359 g/mol. The molecule has 1 atom stereocenters. The molecule has 0 aliphatic carbocycles. The van der Waals surface area contributed by atoms with Crippen LogP contribution in [0.25, 0.3) is 0 Å². The van der Waals surface area contributed by atoms with Crippen molar-refractivity contribution in [3.63, 3.8) is 0 Å². The van der Waals surface area contributed by atoms with Crippen molar-refractivity contribution in [2.45, 2.75) is 31.7 Å². The fourth-order valence-electron chi connectivity index (χ4n) is 4.12. The third-order valence-electron chi connectivity index (χ3n) is 5.53. The first-order valence-electron chi connectivity index (χ1n) is 9.01. The standard InChI is InChI=1S/C16H29N3O4S/c1-24(21,22)19-7-4-15(5-8-19)18-6-2-3-14(13-18)16(20)17-9-11-23-12-10-17/h14-15H,2-13H2,1H3/t14-/m0/s1. The summed E-state index contributed by atoms with van der Waals surface area (Å²) in [5, 5.41) is 0. The van der Waals surface area contributed by atoms with E-state index in [0.29, 0.717) is 45.4 Å². The van der Waals surface area contributed by atoms with Gasteiger partial charge in [0.15, 0.2) is 0 Å². The number of morpholine rings is 1. The molecule has 0 bridgehead atoms. The average molecular weight is 359 g/mol. The van der Waals surface area contributed by atoms with Gasteiger partial charge in [0, 0.05) is 38.8 Å². The number of hydrogen-bond donors (Lipinski definition) is 0. The lowest BCUT2D eigenvalue weighted by molar-refractivity contribution is -0.141. The highest BCUT2D eigenvalue weighted by Crippen LogP contribution is 2.26. The van der Waals surface area contributed by atoms with Gasteiger partial charge in [0.1, 0.15) is 0 Å². The second-order valence-corrected chi connectivity index (χ2v) is 9.15. The topological polar surface area (TPSA) is 70.2 Å². The Bertz CT molecular complexity index is 540. The number of sulfonamides is 1. The Hall–Kier alpha value is -0.700. The minimum atomic E-state index is -3.08. The fraction of sp³-hybridized carbons (Fsp3) is 0.938. The van der Waals surface area contributed by atoms with Gasteiger partial charge < -0.3 is 9.64 Å². The summed E-state index contributed by atoms with van der Waals surface area (Å²) >= 11 is 0. The lowest BCUT2D eigenvalue weighted by Crippen LogP contribution is -2.52. The SMILES string of the molecule is CS(=O)(=O)N1CCC(N2CCC[C@H](C(=O)N3CCOCC3)C2)CC1. The van der Waals surface area contributed by atoms with Crippen LogP contribution in [0.2, 0.25) is 0 Å². The predicted octanol–water partition coefficient (Wildman–Crippen LogP) is -0.0188. The van der Waals surface area contributed by atoms with E-state index < -0.39 is 10.0 Å². The largest absolute Gasteiger partial charge is 0.378 e. The number of carbonyl (C=O) groups is 1. The predicted molar refractivity (Wildman–Crippen MR) is 91.1 cm³/mol. The summed E-state index contributed by atoms with van der Waals surface area (Å²) in [6, 6.07) is 0.406. The Morgan fingerprint density at radius 3 is 2.29 bits per heavy atom. The minimum Gasteiger partial charge on any atom is -0.378 e. The van der Waals surface area contributed by atoms with Crippen LogP contribution >= 0.6 is 0 Å². The third-order valence-corrected chi connectivity index (χ3v) is 6.84. The van der Waals surface area contributed by atoms with E-state index in [9.17, 15) is 13.2 Å². The van der Waals surface area contributed by atoms with Crippen molar-refractivity contribution >= 4 is 15.9 Å². The zero-order valence-electron chi connectivity index (χ0n) is 14.5. The fourth-order valence-corrected chi connectivity index (χ4v) is 4.99. The van der Waals surface area contributed by atoms with E-state index in [-0.39, 0.29) is 11.8 Å². The van der Waals surface area contributed by atoms with Crippen molar-refractivity contribution < 1.29 is 17.9 Å². The molecule has 0 radical (unpaired) electrons. The van der Waals surface area contributed by atoms with Crippen molar-refractivity contribution in [2.75, 3.05) is 58.7 Å². The molecule has 1 amide bonds. The number of likely N-dealkylation sites (tertiary alicyclic amines) is 1. The summed E-state index contributed by atoms with van der Waals surface area (Å²) in [5.41, 5.74) is 0. The highest BCUT2D eigenvalue weighted by molar-refractivity contribution is 7.88. The number of hydrogen-bond acceptors (Lipinski definition) is 5. The van der Waals surface area contributed by atoms with Gasteiger partial charge in [0.2, 0.25) is 15.9 Å². The molecule has 138 valence electrons. The maximum atomic E-state index is 12.7. The molecule has 0 saturated carbocycles. The molecule has 0 unspecified atom stereocenters. The molecule has 3 rings (SSSR count). The first-order valence-corrected chi connectivity index (χ1v) is 10.9. The average Bonchev–Trinajstić information content (AvgIpc) is 2.61. The van der Waals surface area contributed by atoms with E-state index in [0.717, 1.165) is 38.8 Å². The van der Waals surface area contributed by atoms with Crippen LogP contribution in [0.4, 0.5) is 0 Å². The summed E-state index contributed by atoms with van der Waals surface area (Å²) in [4.78, 5) is 17.1. The van der Waals surface area contributed by atoms with Gasteiger partial charge in [-0.2, -0.15) is 0 Å². The molecule has 3 saturated heterocycles. The number of piperidine rings is 2. The van der Waals surface area contributed by atoms with Crippen LogP contribution in [0, 0.1) is 5.92 Å². The molecule has 3 aliphatic heterocycles. The molecule has 0 aromatic rings. The van der Waals surface area contributed by atoms with Crippen LogP contribution in [0.1, 0.15) is 25.7 Å². The molecule has 7 nitrogen and oxygen atoms in total. The van der Waals surface area contributed by atoms with E-state index in [1.807, 2.05) is 4.90 Å². The molecule has 8 heteroatoms. The first-order chi connectivity index (χ1) is 11.4. The van der Waals surface area contributed by atoms with Crippen LogP contribution in [-0.4, -0.2) is 93.2 Å². The normalized spacial score (nSPS) is 28.9. The van der Waals surface area contributed by atoms with Gasteiger partial charge in [-0.1, -0.05) is 0 Å². The van der Waals surface area contributed by atoms with Crippen LogP contribution in [0.3, 0.4) is 0 Å². The van der Waals surface area contributed by atoms with Gasteiger partial charge in [-0.25, -0.2) is 12.7 Å². The number of amides is 1. The molecule has 0 aromatic heterocycles. The van der Waals surface area contributed by atoms with Crippen molar-refractivity contribution in [1.82, 2.24) is 14.1 Å². The van der Waals surface area contributed by atoms with E-state index in [1.165, 1.54) is 6.26 Å². The van der Waals surface area contributed by atoms with Crippen molar-refractivity contribution in [2.24, 2.45) is 5.92 Å². The Balaban J connectivity index is 1.53. The second-order valence-electron chi connectivity index (χ2n) is 7.16. The maximum Gasteiger partial charge on any atom is 0.227 e. The summed E-state index contributed by atoms with van der Waals surface area (Å²) in [5.74, 6) is 0.362. The van der Waals surface area contributed by atoms with E-state index in [2.05, 4.69) is 4.90 Å². The molecule has 3 fully saturated rings. The number of rotatable bonds is 3. The van der Waals surface area contributed by atoms with Crippen molar-refractivity contribution in [3.8, 4) is 0 Å². The van der Waals surface area contributed by atoms with Crippen LogP contribution in [0.15, 0.2) is 0 Å². The second kappa shape index (κ2) is 7.68. The zero-order valence-corrected chi connectivity index (χ0v) is 15.3. The Kier molecular flexibility index (Phi) is 5.79. The molecular formula is C16H29N3O4S. The van der Waals surface area contributed by atoms with E-state index in [4.69, 9.17) is 4.74 Å². The molecule has 0 aromatic carbocycles. The van der Waals surface area contributed by atoms with E-state index >= 15 is 0 Å². The van der Waals surface area contributed by atoms with Gasteiger partial charge in [-0.3, -0.25) is 9.69 Å². The van der Waals surface area contributed by atoms with Crippen LogP contribution in [0.5, 0.6) is 0 Å². The Labute approximate surface area is 145 Å². The van der Waals surface area contributed by atoms with Gasteiger partial charge in [0.05, 0.1) is 25.4 Å². The molecule has 24 heavy (non-hydrogen) atoms. The Morgan fingerprint density at radius 2 is 1.67 bits per heavy atom. The maximum absolute atomic E-state index is 12.7. The highest BCUT2D eigenvalue weighted by atomic mass is 32.2. The third kappa shape index (κ3) is 4.28. The molecule has 0 spiro atoms. The minimum absolute atomic E-state index is 0.0878. The zero-order chi connectivity index (χ0) is 17.2. The Morgan fingerprint density at radius 1 is 1.00 bits per heavy atom. The molecule has 3 heterocycles. The van der Waals surface area contributed by atoms with Gasteiger partial charge in [0.25, 0.3) is 0 Å². The van der Waals surface area contributed by atoms with Gasteiger partial charge in [-0.05, 0) is 32.2 Å². The van der Waals surface area contributed by atoms with Crippen LogP contribution < -0.4 is 0 Å². The summed E-state index contributed by atoms with van der Waals surface area (Å²) < 4.78 is 30.2. The summed E-state index contributed by atoms with van der Waals surface area (Å²) in [6.45, 7) is 5.75. The highest BCUT2D eigenvalue weighted by Gasteiger charge is 2.34.